The topological polar surface area (TPSA) is 62.6 Å². The van der Waals surface area contributed by atoms with Gasteiger partial charge in [0.1, 0.15) is 11.5 Å². The van der Waals surface area contributed by atoms with Crippen molar-refractivity contribution < 1.29 is 14.9 Å². The first kappa shape index (κ1) is 14.5. The van der Waals surface area contributed by atoms with Crippen molar-refractivity contribution in [1.82, 2.24) is 4.98 Å². The van der Waals surface area contributed by atoms with Gasteiger partial charge in [-0.1, -0.05) is 19.1 Å². The van der Waals surface area contributed by atoms with Gasteiger partial charge in [-0.25, -0.2) is 0 Å². The highest BCUT2D eigenvalue weighted by Crippen LogP contribution is 2.23. The minimum atomic E-state index is -0.526. The van der Waals surface area contributed by atoms with Crippen LogP contribution in [0.1, 0.15) is 30.7 Å². The lowest BCUT2D eigenvalue weighted by molar-refractivity contribution is 0.169. The molecule has 0 fully saturated rings. The van der Waals surface area contributed by atoms with Crippen LogP contribution < -0.4 is 4.74 Å². The Kier molecular flexibility index (Phi) is 5.09. The molecule has 1 aromatic carbocycles. The Labute approximate surface area is 118 Å². The largest absolute Gasteiger partial charge is 0.456 e. The van der Waals surface area contributed by atoms with E-state index in [1.165, 1.54) is 0 Å². The summed E-state index contributed by atoms with van der Waals surface area (Å²) in [7, 11) is 0. The highest BCUT2D eigenvalue weighted by Gasteiger charge is 2.06. The first-order valence-corrected chi connectivity index (χ1v) is 6.74. The Balaban J connectivity index is 2.02. The van der Waals surface area contributed by atoms with Crippen LogP contribution in [-0.4, -0.2) is 21.8 Å². The number of aromatic nitrogens is 1. The zero-order valence-corrected chi connectivity index (χ0v) is 11.5. The van der Waals surface area contributed by atoms with Crippen molar-refractivity contribution in [2.45, 2.75) is 25.9 Å². The molecule has 2 rings (SSSR count). The molecule has 0 aliphatic carbocycles. The van der Waals surface area contributed by atoms with Crippen LogP contribution in [0.5, 0.6) is 11.5 Å². The molecule has 0 aliphatic rings. The lowest BCUT2D eigenvalue weighted by atomic mass is 10.1. The zero-order valence-electron chi connectivity index (χ0n) is 11.5. The van der Waals surface area contributed by atoms with E-state index in [0.29, 0.717) is 24.3 Å². The fourth-order valence-electron chi connectivity index (χ4n) is 1.85. The number of benzene rings is 1. The number of rotatable bonds is 6. The van der Waals surface area contributed by atoms with E-state index in [2.05, 4.69) is 4.98 Å². The van der Waals surface area contributed by atoms with Gasteiger partial charge in [0.15, 0.2) is 0 Å². The highest BCUT2D eigenvalue weighted by atomic mass is 16.5. The van der Waals surface area contributed by atoms with E-state index in [1.54, 1.807) is 18.3 Å². The second kappa shape index (κ2) is 7.03. The predicted octanol–water partition coefficient (Wildman–Crippen LogP) is 2.85. The van der Waals surface area contributed by atoms with Crippen LogP contribution in [0, 0.1) is 0 Å². The molecular weight excluding hydrogens is 254 g/mol. The summed E-state index contributed by atoms with van der Waals surface area (Å²) in [6, 6.07) is 11.1. The predicted molar refractivity (Wildman–Crippen MR) is 76.8 cm³/mol. The molecule has 1 heterocycles. The standard InChI is InChI=1S/C16H19NO3/c1-2-16(19)15-8-7-14(11-17-15)20-13-5-3-12(4-6-13)9-10-18/h3-8,11,16,18-19H,2,9-10H2,1H3. The van der Waals surface area contributed by atoms with Gasteiger partial charge < -0.3 is 14.9 Å². The van der Waals surface area contributed by atoms with Crippen molar-refractivity contribution in [2.24, 2.45) is 0 Å². The van der Waals surface area contributed by atoms with Gasteiger partial charge in [-0.2, -0.15) is 0 Å². The maximum atomic E-state index is 9.67. The van der Waals surface area contributed by atoms with Crippen molar-refractivity contribution in [3.05, 3.63) is 53.9 Å². The van der Waals surface area contributed by atoms with E-state index in [0.717, 1.165) is 11.3 Å². The van der Waals surface area contributed by atoms with E-state index >= 15 is 0 Å². The molecule has 4 heteroatoms. The van der Waals surface area contributed by atoms with Gasteiger partial charge in [0.05, 0.1) is 18.0 Å². The van der Waals surface area contributed by atoms with Crippen LogP contribution in [0.25, 0.3) is 0 Å². The molecule has 106 valence electrons. The first-order chi connectivity index (χ1) is 9.72. The Morgan fingerprint density at radius 1 is 1.10 bits per heavy atom. The molecule has 0 spiro atoms. The van der Waals surface area contributed by atoms with Crippen LogP contribution in [-0.2, 0) is 6.42 Å². The van der Waals surface area contributed by atoms with Gasteiger partial charge in [-0.3, -0.25) is 4.98 Å². The SMILES string of the molecule is CCC(O)c1ccc(Oc2ccc(CCO)cc2)cn1. The monoisotopic (exact) mass is 273 g/mol. The lowest BCUT2D eigenvalue weighted by Gasteiger charge is -2.09. The van der Waals surface area contributed by atoms with Crippen molar-refractivity contribution in [2.75, 3.05) is 6.61 Å². The molecule has 1 aromatic heterocycles. The number of pyridine rings is 1. The minimum Gasteiger partial charge on any atom is -0.456 e. The van der Waals surface area contributed by atoms with E-state index < -0.39 is 6.10 Å². The zero-order chi connectivity index (χ0) is 14.4. The van der Waals surface area contributed by atoms with Gasteiger partial charge in [0.2, 0.25) is 0 Å². The normalized spacial score (nSPS) is 12.2. The summed E-state index contributed by atoms with van der Waals surface area (Å²) in [6.07, 6.45) is 2.36. The second-order valence-electron chi connectivity index (χ2n) is 4.56. The molecule has 1 atom stereocenters. The molecule has 0 radical (unpaired) electrons. The van der Waals surface area contributed by atoms with Crippen LogP contribution in [0.2, 0.25) is 0 Å². The van der Waals surface area contributed by atoms with Gasteiger partial charge >= 0.3 is 0 Å². The van der Waals surface area contributed by atoms with Gasteiger partial charge in [0.25, 0.3) is 0 Å². The molecular formula is C16H19NO3. The molecule has 1 unspecified atom stereocenters. The third kappa shape index (κ3) is 3.79. The summed E-state index contributed by atoms with van der Waals surface area (Å²) in [5, 5.41) is 18.5. The molecule has 0 aliphatic heterocycles. The van der Waals surface area contributed by atoms with Crippen molar-refractivity contribution in [3.63, 3.8) is 0 Å². The van der Waals surface area contributed by atoms with Crippen molar-refractivity contribution in [3.8, 4) is 11.5 Å². The maximum absolute atomic E-state index is 9.67. The number of aliphatic hydroxyl groups excluding tert-OH is 2. The van der Waals surface area contributed by atoms with Gasteiger partial charge in [0, 0.05) is 6.61 Å². The lowest BCUT2D eigenvalue weighted by Crippen LogP contribution is -1.98. The minimum absolute atomic E-state index is 0.144. The number of nitrogens with zero attached hydrogens (tertiary/aromatic N) is 1. The van der Waals surface area contributed by atoms with Crippen LogP contribution in [0.3, 0.4) is 0 Å². The van der Waals surface area contributed by atoms with Gasteiger partial charge in [-0.05, 0) is 42.7 Å². The van der Waals surface area contributed by atoms with Crippen LogP contribution in [0.4, 0.5) is 0 Å². The Morgan fingerprint density at radius 3 is 2.35 bits per heavy atom. The van der Waals surface area contributed by atoms with Crippen LogP contribution in [0.15, 0.2) is 42.6 Å². The third-order valence-corrected chi connectivity index (χ3v) is 3.05. The summed E-state index contributed by atoms with van der Waals surface area (Å²) in [5.74, 6) is 1.35. The average Bonchev–Trinajstić information content (AvgIpc) is 2.49. The molecule has 0 bridgehead atoms. The Bertz CT molecular complexity index is 522. The van der Waals surface area contributed by atoms with Gasteiger partial charge in [-0.15, -0.1) is 0 Å². The maximum Gasteiger partial charge on any atom is 0.145 e. The number of hydrogen-bond acceptors (Lipinski definition) is 4. The highest BCUT2D eigenvalue weighted by molar-refractivity contribution is 5.32. The van der Waals surface area contributed by atoms with E-state index in [1.807, 2.05) is 31.2 Å². The molecule has 0 saturated heterocycles. The average molecular weight is 273 g/mol. The Morgan fingerprint density at radius 2 is 1.80 bits per heavy atom. The summed E-state index contributed by atoms with van der Waals surface area (Å²) in [4.78, 5) is 4.18. The summed E-state index contributed by atoms with van der Waals surface area (Å²) >= 11 is 0. The molecule has 20 heavy (non-hydrogen) atoms. The van der Waals surface area contributed by atoms with Crippen LogP contribution >= 0.6 is 0 Å². The van der Waals surface area contributed by atoms with Crippen molar-refractivity contribution >= 4 is 0 Å². The number of ether oxygens (including phenoxy) is 1. The fourth-order valence-corrected chi connectivity index (χ4v) is 1.85. The fraction of sp³-hybridized carbons (Fsp3) is 0.312. The number of hydrogen-bond donors (Lipinski definition) is 2. The van der Waals surface area contributed by atoms with E-state index in [-0.39, 0.29) is 6.61 Å². The van der Waals surface area contributed by atoms with Crippen molar-refractivity contribution in [1.29, 1.82) is 0 Å². The Hall–Kier alpha value is -1.91. The summed E-state index contributed by atoms with van der Waals surface area (Å²) in [6.45, 7) is 2.05. The quantitative estimate of drug-likeness (QED) is 0.849. The third-order valence-electron chi connectivity index (χ3n) is 3.05. The number of aliphatic hydroxyl groups is 2. The molecule has 0 amide bonds. The molecule has 4 nitrogen and oxygen atoms in total. The van der Waals surface area contributed by atoms with E-state index in [4.69, 9.17) is 9.84 Å². The summed E-state index contributed by atoms with van der Waals surface area (Å²) in [5.41, 5.74) is 1.72. The molecule has 0 saturated carbocycles. The first-order valence-electron chi connectivity index (χ1n) is 6.74. The van der Waals surface area contributed by atoms with E-state index in [9.17, 15) is 5.11 Å². The molecule has 2 aromatic rings. The second-order valence-corrected chi connectivity index (χ2v) is 4.56. The smallest absolute Gasteiger partial charge is 0.145 e. The summed E-state index contributed by atoms with van der Waals surface area (Å²) < 4.78 is 5.67. The molecule has 2 N–H and O–H groups in total.